The maximum Gasteiger partial charge on any atom is 0.342 e. The van der Waals surface area contributed by atoms with Crippen molar-refractivity contribution in [1.82, 2.24) is 0 Å². The second-order valence-corrected chi connectivity index (χ2v) is 12.1. The Kier molecular flexibility index (Phi) is 13.2. The lowest BCUT2D eigenvalue weighted by atomic mass is 9.76. The molecule has 214 valence electrons. The van der Waals surface area contributed by atoms with E-state index in [9.17, 15) is 19.6 Å². The van der Waals surface area contributed by atoms with E-state index < -0.39 is 23.6 Å². The summed E-state index contributed by atoms with van der Waals surface area (Å²) in [6.07, 6.45) is 20.9. The molecule has 0 saturated heterocycles. The smallest absolute Gasteiger partial charge is 0.342 e. The predicted molar refractivity (Wildman–Crippen MR) is 148 cm³/mol. The lowest BCUT2D eigenvalue weighted by Crippen LogP contribution is -2.30. The van der Waals surface area contributed by atoms with E-state index in [1.54, 1.807) is 0 Å². The van der Waals surface area contributed by atoms with Gasteiger partial charge >= 0.3 is 5.97 Å². The van der Waals surface area contributed by atoms with Crippen molar-refractivity contribution in [1.29, 1.82) is 0 Å². The normalized spacial score (nSPS) is 27.0. The second-order valence-electron chi connectivity index (χ2n) is 12.1. The van der Waals surface area contributed by atoms with E-state index >= 15 is 0 Å². The van der Waals surface area contributed by atoms with Gasteiger partial charge in [-0.15, -0.1) is 0 Å². The molecule has 6 nitrogen and oxygen atoms in total. The fraction of sp³-hybridized carbons (Fsp3) is 0.781. The molecule has 0 bridgehead atoms. The van der Waals surface area contributed by atoms with E-state index in [-0.39, 0.29) is 11.1 Å². The average Bonchev–Trinajstić information content (AvgIpc) is 2.93. The molecule has 0 aliphatic heterocycles. The largest absolute Gasteiger partial charge is 0.462 e. The predicted octanol–water partition coefficient (Wildman–Crippen LogP) is 7.56. The summed E-state index contributed by atoms with van der Waals surface area (Å²) >= 11 is 0. The number of hydrogen-bond acceptors (Lipinski definition) is 6. The maximum absolute atomic E-state index is 12.8. The number of carbonyl (C=O) groups excluding carboxylic acids is 3. The van der Waals surface area contributed by atoms with Gasteiger partial charge in [-0.3, -0.25) is 14.8 Å². The summed E-state index contributed by atoms with van der Waals surface area (Å²) < 4.78 is 5.47. The van der Waals surface area contributed by atoms with Gasteiger partial charge in [0, 0.05) is 11.6 Å². The van der Waals surface area contributed by atoms with Gasteiger partial charge in [0.25, 0.3) is 0 Å². The fourth-order valence-corrected chi connectivity index (χ4v) is 6.60. The third-order valence-corrected chi connectivity index (χ3v) is 9.17. The van der Waals surface area contributed by atoms with E-state index in [0.29, 0.717) is 24.9 Å². The Hall–Kier alpha value is -1.79. The van der Waals surface area contributed by atoms with Crippen LogP contribution in [0, 0.1) is 23.7 Å². The fourth-order valence-electron chi connectivity index (χ4n) is 6.60. The van der Waals surface area contributed by atoms with Gasteiger partial charge in [-0.05, 0) is 49.0 Å². The van der Waals surface area contributed by atoms with E-state index in [1.165, 1.54) is 64.2 Å². The zero-order chi connectivity index (χ0) is 27.3. The summed E-state index contributed by atoms with van der Waals surface area (Å²) in [4.78, 5) is 42.9. The van der Waals surface area contributed by atoms with Crippen LogP contribution in [0.3, 0.4) is 0 Å². The quantitative estimate of drug-likeness (QED) is 0.0587. The highest BCUT2D eigenvalue weighted by atomic mass is 17.1. The molecule has 1 N–H and O–H groups in total. The first-order valence-electron chi connectivity index (χ1n) is 15.4. The molecule has 0 amide bonds. The molecular formula is C32H50O6. The summed E-state index contributed by atoms with van der Waals surface area (Å²) in [5.74, 6) is 0.460. The van der Waals surface area contributed by atoms with Gasteiger partial charge < -0.3 is 4.74 Å². The van der Waals surface area contributed by atoms with Crippen molar-refractivity contribution in [2.45, 2.75) is 129 Å². The Labute approximate surface area is 229 Å². The van der Waals surface area contributed by atoms with Crippen molar-refractivity contribution in [2.75, 3.05) is 6.61 Å². The highest BCUT2D eigenvalue weighted by Gasteiger charge is 2.33. The van der Waals surface area contributed by atoms with Crippen LogP contribution >= 0.6 is 0 Å². The Morgan fingerprint density at radius 1 is 0.789 bits per heavy atom. The summed E-state index contributed by atoms with van der Waals surface area (Å²) in [5.41, 5.74) is -0.100. The molecule has 3 aliphatic carbocycles. The minimum atomic E-state index is -0.852. The third-order valence-electron chi connectivity index (χ3n) is 9.17. The molecule has 1 atom stereocenters. The van der Waals surface area contributed by atoms with Crippen LogP contribution in [0.5, 0.6) is 0 Å². The molecule has 0 spiro atoms. The van der Waals surface area contributed by atoms with E-state index in [1.807, 2.05) is 0 Å². The maximum atomic E-state index is 12.8. The minimum Gasteiger partial charge on any atom is -0.462 e. The number of carbonyl (C=O) groups is 3. The van der Waals surface area contributed by atoms with Crippen LogP contribution in [0.25, 0.3) is 0 Å². The first-order valence-corrected chi connectivity index (χ1v) is 15.4. The van der Waals surface area contributed by atoms with E-state index in [2.05, 4.69) is 13.8 Å². The number of allylic oxidation sites excluding steroid dienone is 2. The highest BCUT2D eigenvalue weighted by molar-refractivity contribution is 6.30. The Morgan fingerprint density at radius 2 is 1.32 bits per heavy atom. The van der Waals surface area contributed by atoms with Gasteiger partial charge in [-0.1, -0.05) is 104 Å². The first-order chi connectivity index (χ1) is 18.4. The first kappa shape index (κ1) is 30.7. The molecule has 0 aromatic carbocycles. The van der Waals surface area contributed by atoms with Crippen LogP contribution in [-0.4, -0.2) is 35.5 Å². The van der Waals surface area contributed by atoms with Gasteiger partial charge in [0.05, 0.1) is 6.61 Å². The Morgan fingerprint density at radius 3 is 1.84 bits per heavy atom. The van der Waals surface area contributed by atoms with Gasteiger partial charge in [0.2, 0.25) is 0 Å². The van der Waals surface area contributed by atoms with Crippen LogP contribution in [0.4, 0.5) is 0 Å². The molecule has 0 aromatic heterocycles. The van der Waals surface area contributed by atoms with Crippen molar-refractivity contribution in [3.05, 3.63) is 23.3 Å². The van der Waals surface area contributed by atoms with Crippen LogP contribution in [0.15, 0.2) is 23.3 Å². The number of hydrogen-bond donors (Lipinski definition) is 1. The van der Waals surface area contributed by atoms with Crippen LogP contribution in [0.1, 0.15) is 123 Å². The molecule has 3 aliphatic rings. The topological polar surface area (TPSA) is 89.9 Å². The summed E-state index contributed by atoms with van der Waals surface area (Å²) in [6, 6.07) is 0. The van der Waals surface area contributed by atoms with E-state index in [4.69, 9.17) is 9.62 Å². The molecule has 0 heterocycles. The summed E-state index contributed by atoms with van der Waals surface area (Å²) in [6.45, 7) is 4.74. The van der Waals surface area contributed by atoms with Crippen molar-refractivity contribution in [3.8, 4) is 0 Å². The monoisotopic (exact) mass is 530 g/mol. The number of ketones is 2. The molecule has 1 unspecified atom stereocenters. The Balaban J connectivity index is 1.43. The third kappa shape index (κ3) is 9.44. The minimum absolute atomic E-state index is 0.125. The molecule has 6 heteroatoms. The van der Waals surface area contributed by atoms with E-state index in [0.717, 1.165) is 62.5 Å². The zero-order valence-electron chi connectivity index (χ0n) is 23.8. The molecule has 0 aromatic rings. The molecule has 38 heavy (non-hydrogen) atoms. The average molecular weight is 531 g/mol. The number of ether oxygens (including phenoxy) is 1. The van der Waals surface area contributed by atoms with Gasteiger partial charge in [-0.2, -0.15) is 0 Å². The van der Waals surface area contributed by atoms with Gasteiger partial charge in [0.1, 0.15) is 11.7 Å². The zero-order valence-corrected chi connectivity index (χ0v) is 23.8. The standard InChI is InChI=1S/C32H50O6/c1-3-5-7-9-23-11-15-25(16-12-23)19-31(38-36)27-20-30(34)28(21-29(27)33)32(35)37-22-26-17-13-24(14-18-26)10-8-6-4-2/h20-21,23-26,31,36H,3-19,22H2,1-2H3. The van der Waals surface area contributed by atoms with Crippen LogP contribution in [-0.2, 0) is 24.0 Å². The SMILES string of the molecule is CCCCCC1CCC(COC(=O)C2=CC(=O)C(C(CC3CCC(CCCCC)CC3)OO)=CC2=O)CC1. The van der Waals surface area contributed by atoms with Crippen molar-refractivity contribution >= 4 is 17.5 Å². The molecule has 2 saturated carbocycles. The van der Waals surface area contributed by atoms with Crippen LogP contribution in [0.2, 0.25) is 0 Å². The highest BCUT2D eigenvalue weighted by Crippen LogP contribution is 2.36. The number of esters is 1. The van der Waals surface area contributed by atoms with Crippen LogP contribution < -0.4 is 0 Å². The van der Waals surface area contributed by atoms with Gasteiger partial charge in [-0.25, -0.2) is 9.68 Å². The second kappa shape index (κ2) is 16.3. The Bertz CT molecular complexity index is 827. The number of rotatable bonds is 15. The van der Waals surface area contributed by atoms with Gasteiger partial charge in [0.15, 0.2) is 11.6 Å². The molecule has 2 fully saturated rings. The molecular weight excluding hydrogens is 480 g/mol. The van der Waals surface area contributed by atoms with Crippen molar-refractivity contribution in [2.24, 2.45) is 23.7 Å². The lowest BCUT2D eigenvalue weighted by molar-refractivity contribution is -0.271. The summed E-state index contributed by atoms with van der Waals surface area (Å²) in [7, 11) is 0. The molecule has 3 rings (SSSR count). The lowest BCUT2D eigenvalue weighted by Gasteiger charge is -2.30. The number of unbranched alkanes of at least 4 members (excludes halogenated alkanes) is 4. The van der Waals surface area contributed by atoms with Crippen molar-refractivity contribution < 1.29 is 29.3 Å². The molecule has 0 radical (unpaired) electrons. The van der Waals surface area contributed by atoms with Crippen molar-refractivity contribution in [3.63, 3.8) is 0 Å². The summed E-state index contributed by atoms with van der Waals surface area (Å²) in [5, 5.41) is 9.57.